The Morgan fingerprint density at radius 2 is 1.51 bits per heavy atom. The minimum Gasteiger partial charge on any atom is -0.497 e. The molecule has 0 unspecified atom stereocenters. The second-order valence-electron chi connectivity index (χ2n) is 9.06. The Balaban J connectivity index is 1.92. The number of rotatable bonds is 8. The smallest absolute Gasteiger partial charge is 0.323 e. The topological polar surface area (TPSA) is 52.5 Å². The number of hydrogen-bond acceptors (Lipinski definition) is 4. The number of esters is 1. The van der Waals surface area contributed by atoms with E-state index in [9.17, 15) is 4.79 Å². The number of fused-ring (bicyclic) bond motifs is 1. The van der Waals surface area contributed by atoms with Crippen LogP contribution in [0.3, 0.4) is 0 Å². The largest absolute Gasteiger partial charge is 0.497 e. The Hall–Kier alpha value is -4.51. The Morgan fingerprint density at radius 3 is 2.22 bits per heavy atom. The predicted molar refractivity (Wildman–Crippen MR) is 148 cm³/mol. The van der Waals surface area contributed by atoms with Crippen molar-refractivity contribution in [3.63, 3.8) is 0 Å². The number of carbonyl (C=O) groups excluding carboxylic acids is 1. The lowest BCUT2D eigenvalue weighted by atomic mass is 9.66. The summed E-state index contributed by atoms with van der Waals surface area (Å²) in [7, 11) is 5.09. The molecule has 1 aromatic heterocycles. The molecule has 0 radical (unpaired) electrons. The third kappa shape index (κ3) is 4.23. The van der Waals surface area contributed by atoms with Crippen molar-refractivity contribution >= 4 is 22.6 Å². The monoisotopic (exact) mass is 490 g/mol. The number of benzene rings is 4. The van der Waals surface area contributed by atoms with Crippen molar-refractivity contribution in [1.82, 2.24) is 4.57 Å². The molecule has 1 N–H and O–H groups in total. The van der Waals surface area contributed by atoms with Crippen molar-refractivity contribution in [3.8, 4) is 5.75 Å². The molecule has 186 valence electrons. The molecule has 5 nitrogen and oxygen atoms in total. The molecule has 5 heteroatoms. The number of aryl methyl sites for hydroxylation is 1. The van der Waals surface area contributed by atoms with Gasteiger partial charge in [0.25, 0.3) is 0 Å². The molecule has 5 rings (SSSR count). The van der Waals surface area contributed by atoms with Gasteiger partial charge in [-0.25, -0.2) is 0 Å². The molecule has 0 spiro atoms. The van der Waals surface area contributed by atoms with Crippen LogP contribution >= 0.6 is 0 Å². The summed E-state index contributed by atoms with van der Waals surface area (Å²) >= 11 is 0. The van der Waals surface area contributed by atoms with E-state index in [2.05, 4.69) is 22.0 Å². The molecule has 0 aliphatic carbocycles. The maximum absolute atomic E-state index is 14.4. The lowest BCUT2D eigenvalue weighted by molar-refractivity contribution is -0.146. The van der Waals surface area contributed by atoms with E-state index in [-0.39, 0.29) is 5.97 Å². The van der Waals surface area contributed by atoms with Crippen molar-refractivity contribution in [2.75, 3.05) is 19.5 Å². The fraction of sp³-hybridized carbons (Fsp3) is 0.156. The number of methoxy groups -OCH3 is 2. The van der Waals surface area contributed by atoms with Crippen LogP contribution in [0.2, 0.25) is 0 Å². The van der Waals surface area contributed by atoms with Crippen LogP contribution in [0.25, 0.3) is 10.9 Å². The summed E-state index contributed by atoms with van der Waals surface area (Å²) in [6, 6.07) is 35.3. The van der Waals surface area contributed by atoms with Gasteiger partial charge < -0.3 is 19.4 Å². The van der Waals surface area contributed by atoms with E-state index in [4.69, 9.17) is 9.47 Å². The maximum atomic E-state index is 14.4. The summed E-state index contributed by atoms with van der Waals surface area (Å²) < 4.78 is 13.3. The molecular formula is C32H30N2O3. The third-order valence-corrected chi connectivity index (χ3v) is 7.00. The third-order valence-electron chi connectivity index (χ3n) is 7.00. The standard InChI is InChI=1S/C32H30N2O3/c1-34-22-28(27-19-10-11-20-29(27)34)32(31(35)37-3,24-15-12-18-26(21-24)36-2)30(23-13-6-4-7-14-23)33-25-16-8-5-9-17-25/h4-22,30,33H,1-3H3/t30-,32-/m1/s1. The summed E-state index contributed by atoms with van der Waals surface area (Å²) in [4.78, 5) is 14.4. The summed E-state index contributed by atoms with van der Waals surface area (Å²) in [6.45, 7) is 0. The molecule has 0 aliphatic rings. The zero-order chi connectivity index (χ0) is 25.8. The average molecular weight is 491 g/mol. The van der Waals surface area contributed by atoms with E-state index in [1.165, 1.54) is 7.11 Å². The number of aromatic nitrogens is 1. The van der Waals surface area contributed by atoms with E-state index in [1.807, 2.05) is 110 Å². The van der Waals surface area contributed by atoms with Crippen LogP contribution < -0.4 is 10.1 Å². The second kappa shape index (κ2) is 10.2. The molecule has 0 amide bonds. The van der Waals surface area contributed by atoms with Gasteiger partial charge in [-0.1, -0.05) is 78.9 Å². The SMILES string of the molecule is COC(=O)[C@](c1cccc(OC)c1)(c1cn(C)c2ccccc12)[C@H](Nc1ccccc1)c1ccccc1. The van der Waals surface area contributed by atoms with Gasteiger partial charge in [0.05, 0.1) is 20.3 Å². The fourth-order valence-electron chi connectivity index (χ4n) is 5.30. The number of para-hydroxylation sites is 2. The van der Waals surface area contributed by atoms with Crippen LogP contribution in [0, 0.1) is 0 Å². The first-order valence-corrected chi connectivity index (χ1v) is 12.2. The van der Waals surface area contributed by atoms with Crippen LogP contribution in [-0.4, -0.2) is 24.8 Å². The summed E-state index contributed by atoms with van der Waals surface area (Å²) in [5.41, 5.74) is 3.23. The highest BCUT2D eigenvalue weighted by atomic mass is 16.5. The minimum atomic E-state index is -1.26. The molecule has 0 saturated heterocycles. The Kier molecular flexibility index (Phi) is 6.69. The zero-order valence-corrected chi connectivity index (χ0v) is 21.2. The number of ether oxygens (including phenoxy) is 2. The Morgan fingerprint density at radius 1 is 0.838 bits per heavy atom. The van der Waals surface area contributed by atoms with Crippen molar-refractivity contribution in [1.29, 1.82) is 0 Å². The molecule has 37 heavy (non-hydrogen) atoms. The first-order chi connectivity index (χ1) is 18.1. The van der Waals surface area contributed by atoms with E-state index < -0.39 is 11.5 Å². The number of nitrogens with one attached hydrogen (secondary N) is 1. The number of nitrogens with zero attached hydrogens (tertiary/aromatic N) is 1. The minimum absolute atomic E-state index is 0.366. The number of carbonyl (C=O) groups is 1. The fourth-order valence-corrected chi connectivity index (χ4v) is 5.30. The highest BCUT2D eigenvalue weighted by molar-refractivity contribution is 5.97. The van der Waals surface area contributed by atoms with Crippen molar-refractivity contribution in [3.05, 3.63) is 132 Å². The van der Waals surface area contributed by atoms with E-state index >= 15 is 0 Å². The van der Waals surface area contributed by atoms with Crippen molar-refractivity contribution in [2.24, 2.45) is 7.05 Å². The van der Waals surface area contributed by atoms with Gasteiger partial charge in [0.2, 0.25) is 0 Å². The van der Waals surface area contributed by atoms with Gasteiger partial charge in [0, 0.05) is 35.4 Å². The quantitative estimate of drug-likeness (QED) is 0.252. The summed E-state index contributed by atoms with van der Waals surface area (Å²) in [5, 5.41) is 4.69. The Bertz CT molecular complexity index is 1510. The van der Waals surface area contributed by atoms with Crippen molar-refractivity contribution < 1.29 is 14.3 Å². The van der Waals surface area contributed by atoms with Crippen LogP contribution in [0.5, 0.6) is 5.75 Å². The highest BCUT2D eigenvalue weighted by Crippen LogP contribution is 2.49. The summed E-state index contributed by atoms with van der Waals surface area (Å²) in [5.74, 6) is 0.298. The molecule has 0 aliphatic heterocycles. The maximum Gasteiger partial charge on any atom is 0.323 e. The molecular weight excluding hydrogens is 460 g/mol. The molecule has 0 fully saturated rings. The van der Waals surface area contributed by atoms with E-state index in [0.717, 1.165) is 33.3 Å². The van der Waals surface area contributed by atoms with Crippen molar-refractivity contribution in [2.45, 2.75) is 11.5 Å². The second-order valence-corrected chi connectivity index (χ2v) is 9.06. The normalized spacial score (nSPS) is 13.5. The molecule has 1 heterocycles. The van der Waals surface area contributed by atoms with Crippen LogP contribution in [0.15, 0.2) is 115 Å². The van der Waals surface area contributed by atoms with Gasteiger partial charge >= 0.3 is 5.97 Å². The van der Waals surface area contributed by atoms with Gasteiger partial charge in [0.1, 0.15) is 11.2 Å². The lowest BCUT2D eigenvalue weighted by Crippen LogP contribution is -2.47. The lowest BCUT2D eigenvalue weighted by Gasteiger charge is -2.40. The van der Waals surface area contributed by atoms with Crippen LogP contribution in [-0.2, 0) is 22.0 Å². The van der Waals surface area contributed by atoms with Crippen LogP contribution in [0.1, 0.15) is 22.7 Å². The van der Waals surface area contributed by atoms with Crippen LogP contribution in [0.4, 0.5) is 5.69 Å². The van der Waals surface area contributed by atoms with Gasteiger partial charge in [-0.05, 0) is 41.5 Å². The molecule has 5 aromatic rings. The van der Waals surface area contributed by atoms with E-state index in [0.29, 0.717) is 5.75 Å². The predicted octanol–water partition coefficient (Wildman–Crippen LogP) is 6.50. The number of hydrogen-bond donors (Lipinski definition) is 1. The highest BCUT2D eigenvalue weighted by Gasteiger charge is 2.52. The molecule has 0 bridgehead atoms. The first-order valence-electron chi connectivity index (χ1n) is 12.2. The van der Waals surface area contributed by atoms with Gasteiger partial charge in [-0.3, -0.25) is 4.79 Å². The van der Waals surface area contributed by atoms with Gasteiger partial charge in [-0.2, -0.15) is 0 Å². The summed E-state index contributed by atoms with van der Waals surface area (Å²) in [6.07, 6.45) is 2.05. The zero-order valence-electron chi connectivity index (χ0n) is 21.2. The molecule has 4 aromatic carbocycles. The molecule has 2 atom stereocenters. The van der Waals surface area contributed by atoms with Gasteiger partial charge in [0.15, 0.2) is 0 Å². The van der Waals surface area contributed by atoms with E-state index in [1.54, 1.807) is 7.11 Å². The van der Waals surface area contributed by atoms with Gasteiger partial charge in [-0.15, -0.1) is 0 Å². The Labute approximate surface area is 217 Å². The average Bonchev–Trinajstić information content (AvgIpc) is 3.30. The number of anilines is 1. The first kappa shape index (κ1) is 24.2. The molecule has 0 saturated carbocycles.